The lowest BCUT2D eigenvalue weighted by molar-refractivity contribution is -0.118. The Morgan fingerprint density at radius 1 is 1.07 bits per heavy atom. The van der Waals surface area contributed by atoms with E-state index in [1.165, 1.54) is 16.1 Å². The zero-order valence-electron chi connectivity index (χ0n) is 16.1. The van der Waals surface area contributed by atoms with E-state index in [1.807, 2.05) is 56.3 Å². The van der Waals surface area contributed by atoms with Crippen molar-refractivity contribution in [1.29, 1.82) is 0 Å². The number of anilines is 2. The molecule has 6 heteroatoms. The molecule has 27 heavy (non-hydrogen) atoms. The van der Waals surface area contributed by atoms with Crippen LogP contribution in [0.3, 0.4) is 0 Å². The third kappa shape index (κ3) is 4.16. The molecule has 2 aromatic carbocycles. The van der Waals surface area contributed by atoms with E-state index in [0.717, 1.165) is 29.7 Å². The second-order valence-electron chi connectivity index (χ2n) is 7.10. The van der Waals surface area contributed by atoms with Crippen LogP contribution in [0.1, 0.15) is 29.5 Å². The van der Waals surface area contributed by atoms with Crippen molar-refractivity contribution >= 4 is 27.3 Å². The molecule has 2 aromatic rings. The van der Waals surface area contributed by atoms with Gasteiger partial charge in [-0.2, -0.15) is 0 Å². The number of fused-ring (bicyclic) bond motifs is 1. The lowest BCUT2D eigenvalue weighted by Crippen LogP contribution is -2.39. The molecule has 0 radical (unpaired) electrons. The fourth-order valence-electron chi connectivity index (χ4n) is 3.77. The van der Waals surface area contributed by atoms with Crippen LogP contribution in [0.15, 0.2) is 42.5 Å². The molecule has 0 atom stereocenters. The summed E-state index contributed by atoms with van der Waals surface area (Å²) >= 11 is 0. The molecule has 0 fully saturated rings. The number of hydrogen-bond donors (Lipinski definition) is 0. The third-order valence-corrected chi connectivity index (χ3v) is 6.20. The van der Waals surface area contributed by atoms with Crippen molar-refractivity contribution in [2.75, 3.05) is 28.6 Å². The first-order valence-corrected chi connectivity index (χ1v) is 11.1. The van der Waals surface area contributed by atoms with Crippen LogP contribution in [-0.2, 0) is 21.2 Å². The van der Waals surface area contributed by atoms with Gasteiger partial charge < -0.3 is 4.90 Å². The van der Waals surface area contributed by atoms with E-state index in [1.54, 1.807) is 4.90 Å². The van der Waals surface area contributed by atoms with Crippen molar-refractivity contribution in [3.05, 3.63) is 59.2 Å². The zero-order valence-corrected chi connectivity index (χ0v) is 16.9. The van der Waals surface area contributed by atoms with Crippen LogP contribution in [0, 0.1) is 13.8 Å². The quantitative estimate of drug-likeness (QED) is 0.791. The summed E-state index contributed by atoms with van der Waals surface area (Å²) in [5.74, 6) is -0.0398. The molecule has 144 valence electrons. The van der Waals surface area contributed by atoms with Gasteiger partial charge in [-0.05, 0) is 49.4 Å². The van der Waals surface area contributed by atoms with Crippen molar-refractivity contribution < 1.29 is 13.2 Å². The number of sulfonamides is 1. The SMILES string of the molecule is Cc1cccc(C)c1N(CCC(=O)N1CCCc2ccccc21)S(C)(=O)=O. The molecule has 0 saturated heterocycles. The summed E-state index contributed by atoms with van der Waals surface area (Å²) in [5, 5.41) is 0. The van der Waals surface area contributed by atoms with Crippen LogP contribution >= 0.6 is 0 Å². The fourth-order valence-corrected chi connectivity index (χ4v) is 4.81. The number of amides is 1. The molecule has 1 heterocycles. The lowest BCUT2D eigenvalue weighted by atomic mass is 10.0. The molecule has 0 N–H and O–H groups in total. The molecule has 1 amide bonds. The maximum atomic E-state index is 12.9. The summed E-state index contributed by atoms with van der Waals surface area (Å²) in [5.41, 5.74) is 4.57. The van der Waals surface area contributed by atoms with E-state index in [-0.39, 0.29) is 18.9 Å². The number of benzene rings is 2. The van der Waals surface area contributed by atoms with Crippen molar-refractivity contribution in [3.63, 3.8) is 0 Å². The van der Waals surface area contributed by atoms with Crippen LogP contribution in [0.5, 0.6) is 0 Å². The first-order valence-electron chi connectivity index (χ1n) is 9.21. The largest absolute Gasteiger partial charge is 0.312 e. The average molecular weight is 387 g/mol. The topological polar surface area (TPSA) is 57.7 Å². The van der Waals surface area contributed by atoms with Crippen LogP contribution < -0.4 is 9.21 Å². The number of carbonyl (C=O) groups is 1. The van der Waals surface area contributed by atoms with Crippen molar-refractivity contribution in [2.45, 2.75) is 33.1 Å². The molecule has 5 nitrogen and oxygen atoms in total. The molecular formula is C21H26N2O3S. The van der Waals surface area contributed by atoms with Crippen molar-refractivity contribution in [2.24, 2.45) is 0 Å². The van der Waals surface area contributed by atoms with Crippen LogP contribution in [0.25, 0.3) is 0 Å². The van der Waals surface area contributed by atoms with Gasteiger partial charge in [0.1, 0.15) is 0 Å². The van der Waals surface area contributed by atoms with Crippen LogP contribution in [0.2, 0.25) is 0 Å². The second kappa shape index (κ2) is 7.72. The van der Waals surface area contributed by atoms with Gasteiger partial charge in [-0.25, -0.2) is 8.42 Å². The Balaban J connectivity index is 1.82. The predicted octanol–water partition coefficient (Wildman–Crippen LogP) is 3.44. The van der Waals surface area contributed by atoms with Crippen molar-refractivity contribution in [1.82, 2.24) is 0 Å². The van der Waals surface area contributed by atoms with Gasteiger partial charge in [0.05, 0.1) is 11.9 Å². The third-order valence-electron chi connectivity index (χ3n) is 5.03. The van der Waals surface area contributed by atoms with E-state index >= 15 is 0 Å². The Hall–Kier alpha value is -2.34. The molecule has 1 aliphatic heterocycles. The van der Waals surface area contributed by atoms with E-state index in [0.29, 0.717) is 12.2 Å². The first-order chi connectivity index (χ1) is 12.8. The highest BCUT2D eigenvalue weighted by Crippen LogP contribution is 2.29. The summed E-state index contributed by atoms with van der Waals surface area (Å²) < 4.78 is 26.2. The Morgan fingerprint density at radius 3 is 2.41 bits per heavy atom. The molecule has 0 spiro atoms. The highest BCUT2D eigenvalue weighted by atomic mass is 32.2. The molecule has 3 rings (SSSR count). The zero-order chi connectivity index (χ0) is 19.6. The van der Waals surface area contributed by atoms with Gasteiger partial charge in [0.25, 0.3) is 0 Å². The second-order valence-corrected chi connectivity index (χ2v) is 9.01. The van der Waals surface area contributed by atoms with E-state index in [4.69, 9.17) is 0 Å². The molecule has 1 aliphatic rings. The monoisotopic (exact) mass is 386 g/mol. The number of rotatable bonds is 5. The summed E-state index contributed by atoms with van der Waals surface area (Å²) in [6.07, 6.45) is 3.24. The van der Waals surface area contributed by atoms with E-state index < -0.39 is 10.0 Å². The smallest absolute Gasteiger partial charge is 0.232 e. The number of carbonyl (C=O) groups excluding carboxylic acids is 1. The summed E-state index contributed by atoms with van der Waals surface area (Å²) in [6.45, 7) is 4.60. The maximum Gasteiger partial charge on any atom is 0.232 e. The molecular weight excluding hydrogens is 360 g/mol. The van der Waals surface area contributed by atoms with Gasteiger partial charge in [-0.15, -0.1) is 0 Å². The number of hydrogen-bond acceptors (Lipinski definition) is 3. The number of nitrogens with zero attached hydrogens (tertiary/aromatic N) is 2. The summed E-state index contributed by atoms with van der Waals surface area (Å²) in [4.78, 5) is 14.7. The Morgan fingerprint density at radius 2 is 1.74 bits per heavy atom. The van der Waals surface area contributed by atoms with E-state index in [2.05, 4.69) is 0 Å². The lowest BCUT2D eigenvalue weighted by Gasteiger charge is -2.31. The average Bonchev–Trinajstić information content (AvgIpc) is 2.62. The Labute approximate surface area is 161 Å². The van der Waals surface area contributed by atoms with Gasteiger partial charge in [-0.1, -0.05) is 36.4 Å². The van der Waals surface area contributed by atoms with Gasteiger partial charge >= 0.3 is 0 Å². The Bertz CT molecular complexity index is 933. The van der Waals surface area contributed by atoms with Crippen LogP contribution in [0.4, 0.5) is 11.4 Å². The van der Waals surface area contributed by atoms with Gasteiger partial charge in [0, 0.05) is 25.2 Å². The maximum absolute atomic E-state index is 12.9. The minimum absolute atomic E-state index is 0.0398. The molecule has 0 bridgehead atoms. The first kappa shape index (κ1) is 19.4. The molecule has 0 aromatic heterocycles. The summed E-state index contributed by atoms with van der Waals surface area (Å²) in [7, 11) is -3.49. The Kier molecular flexibility index (Phi) is 5.56. The molecule has 0 unspecified atom stereocenters. The van der Waals surface area contributed by atoms with Crippen molar-refractivity contribution in [3.8, 4) is 0 Å². The van der Waals surface area contributed by atoms with Crippen LogP contribution in [-0.4, -0.2) is 33.7 Å². The summed E-state index contributed by atoms with van der Waals surface area (Å²) in [6, 6.07) is 13.6. The molecule has 0 aliphatic carbocycles. The number of aryl methyl sites for hydroxylation is 3. The highest BCUT2D eigenvalue weighted by Gasteiger charge is 2.26. The van der Waals surface area contributed by atoms with E-state index in [9.17, 15) is 13.2 Å². The fraction of sp³-hybridized carbons (Fsp3) is 0.381. The van der Waals surface area contributed by atoms with Gasteiger partial charge in [0.15, 0.2) is 0 Å². The normalized spacial score (nSPS) is 14.0. The highest BCUT2D eigenvalue weighted by molar-refractivity contribution is 7.92. The number of para-hydroxylation sites is 2. The molecule has 0 saturated carbocycles. The van der Waals surface area contributed by atoms with Gasteiger partial charge in [-0.3, -0.25) is 9.10 Å². The standard InChI is InChI=1S/C21H26N2O3S/c1-16-8-6-9-17(2)21(16)23(27(3,25)26)15-13-20(24)22-14-7-11-18-10-4-5-12-19(18)22/h4-6,8-10,12H,7,11,13-15H2,1-3H3. The predicted molar refractivity (Wildman–Crippen MR) is 110 cm³/mol. The van der Waals surface area contributed by atoms with Gasteiger partial charge in [0.2, 0.25) is 15.9 Å². The minimum Gasteiger partial charge on any atom is -0.312 e. The minimum atomic E-state index is -3.49.